The lowest BCUT2D eigenvalue weighted by molar-refractivity contribution is -0.113. The minimum absolute atomic E-state index is 0.0450. The molecule has 0 amide bonds. The molecule has 0 saturated carbocycles. The molecule has 18 heavy (non-hydrogen) atoms. The van der Waals surface area contributed by atoms with Crippen molar-refractivity contribution in [2.45, 2.75) is 38.5 Å². The number of ketones is 1. The van der Waals surface area contributed by atoms with E-state index in [1.165, 1.54) is 0 Å². The Labute approximate surface area is 111 Å². The summed E-state index contributed by atoms with van der Waals surface area (Å²) >= 11 is 0. The summed E-state index contributed by atoms with van der Waals surface area (Å²) in [5, 5.41) is 0. The van der Waals surface area contributed by atoms with Crippen molar-refractivity contribution in [3.63, 3.8) is 0 Å². The van der Waals surface area contributed by atoms with Gasteiger partial charge >= 0.3 is 0 Å². The van der Waals surface area contributed by atoms with Crippen LogP contribution in [0.4, 0.5) is 0 Å². The van der Waals surface area contributed by atoms with Crippen LogP contribution in [0.5, 0.6) is 0 Å². The first-order valence-electron chi connectivity index (χ1n) is 6.38. The second-order valence-corrected chi connectivity index (χ2v) is 3.84. The van der Waals surface area contributed by atoms with Crippen LogP contribution in [0, 0.1) is 11.8 Å². The number of carbonyl (C=O) groups excluding carboxylic acids is 1. The van der Waals surface area contributed by atoms with Crippen LogP contribution in [-0.2, 0) is 4.79 Å². The third-order valence-corrected chi connectivity index (χ3v) is 2.22. The highest BCUT2D eigenvalue weighted by Gasteiger charge is 1.94. The Morgan fingerprint density at radius 2 is 1.61 bits per heavy atom. The summed E-state index contributed by atoms with van der Waals surface area (Å²) in [6.07, 6.45) is 16.5. The Morgan fingerprint density at radius 1 is 1.00 bits per heavy atom. The number of carbonyl (C=O) groups is 1. The largest absolute Gasteiger partial charge is 0.285 e. The zero-order chi connectivity index (χ0) is 13.5. The number of allylic oxidation sites excluding steroid dienone is 6. The van der Waals surface area contributed by atoms with E-state index in [2.05, 4.69) is 31.1 Å². The van der Waals surface area contributed by atoms with Crippen molar-refractivity contribution >= 4 is 5.78 Å². The van der Waals surface area contributed by atoms with E-state index in [1.54, 1.807) is 12.2 Å². The van der Waals surface area contributed by atoms with Gasteiger partial charge < -0.3 is 0 Å². The van der Waals surface area contributed by atoms with Crippen molar-refractivity contribution in [3.05, 3.63) is 49.6 Å². The van der Waals surface area contributed by atoms with Gasteiger partial charge in [-0.1, -0.05) is 55.5 Å². The predicted octanol–water partition coefficient (Wildman–Crippen LogP) is 4.38. The minimum Gasteiger partial charge on any atom is -0.285 e. The Morgan fingerprint density at radius 3 is 2.22 bits per heavy atom. The van der Waals surface area contributed by atoms with E-state index in [4.69, 9.17) is 0 Å². The van der Waals surface area contributed by atoms with Crippen LogP contribution in [0.1, 0.15) is 38.5 Å². The average molecular weight is 242 g/mol. The highest BCUT2D eigenvalue weighted by molar-refractivity contribution is 5.95. The number of Topliss-reactive ketones (excluding diaryl/α,β-unsaturated/α-hetero) is 1. The maximum absolute atomic E-state index is 11.4. The fourth-order valence-electron chi connectivity index (χ4n) is 1.30. The zero-order valence-corrected chi connectivity index (χ0v) is 11.0. The molecule has 0 aliphatic rings. The molecule has 0 rings (SSSR count). The van der Waals surface area contributed by atoms with Gasteiger partial charge in [-0.3, -0.25) is 4.79 Å². The van der Waals surface area contributed by atoms with E-state index >= 15 is 0 Å². The molecule has 0 aliphatic heterocycles. The van der Waals surface area contributed by atoms with E-state index in [9.17, 15) is 4.79 Å². The van der Waals surface area contributed by atoms with Gasteiger partial charge in [-0.25, -0.2) is 0 Å². The minimum atomic E-state index is 0.0450. The SMILES string of the molecule is C=C/C=C/CCCC#CC(=O)CCC/C=C/C=C. The smallest absolute Gasteiger partial charge is 0.205 e. The van der Waals surface area contributed by atoms with Crippen LogP contribution in [-0.4, -0.2) is 5.78 Å². The van der Waals surface area contributed by atoms with Gasteiger partial charge in [0.25, 0.3) is 0 Å². The third-order valence-electron chi connectivity index (χ3n) is 2.22. The van der Waals surface area contributed by atoms with Gasteiger partial charge in [-0.05, 0) is 31.6 Å². The summed E-state index contributed by atoms with van der Waals surface area (Å²) in [5.74, 6) is 5.65. The summed E-state index contributed by atoms with van der Waals surface area (Å²) in [6, 6.07) is 0. The number of rotatable bonds is 9. The van der Waals surface area contributed by atoms with Gasteiger partial charge in [-0.15, -0.1) is 0 Å². The highest BCUT2D eigenvalue weighted by Crippen LogP contribution is 1.98. The third kappa shape index (κ3) is 12.3. The van der Waals surface area contributed by atoms with Crippen molar-refractivity contribution in [3.8, 4) is 11.8 Å². The highest BCUT2D eigenvalue weighted by atomic mass is 16.1. The molecule has 0 spiro atoms. The first kappa shape index (κ1) is 16.2. The first-order chi connectivity index (χ1) is 8.81. The van der Waals surface area contributed by atoms with Gasteiger partial charge in [-0.2, -0.15) is 0 Å². The number of unbranched alkanes of at least 4 members (excludes halogenated alkanes) is 3. The van der Waals surface area contributed by atoms with Gasteiger partial charge in [0.05, 0.1) is 0 Å². The van der Waals surface area contributed by atoms with Crippen molar-refractivity contribution < 1.29 is 4.79 Å². The quantitative estimate of drug-likeness (QED) is 0.254. The van der Waals surface area contributed by atoms with Crippen molar-refractivity contribution in [1.82, 2.24) is 0 Å². The molecule has 0 bridgehead atoms. The molecule has 0 unspecified atom stereocenters. The summed E-state index contributed by atoms with van der Waals surface area (Å²) in [5.41, 5.74) is 0. The van der Waals surface area contributed by atoms with Crippen molar-refractivity contribution in [2.75, 3.05) is 0 Å². The average Bonchev–Trinajstić information content (AvgIpc) is 2.37. The van der Waals surface area contributed by atoms with Crippen molar-refractivity contribution in [2.24, 2.45) is 0 Å². The molecule has 0 saturated heterocycles. The maximum atomic E-state index is 11.4. The standard InChI is InChI=1S/C17H22O/c1-3-5-7-9-10-12-14-16-17(18)15-13-11-8-6-4-2/h3-8H,1-2,9-13,15H2/b7-5+,8-6+. The molecule has 0 aromatic carbocycles. The molecule has 0 radical (unpaired) electrons. The maximum Gasteiger partial charge on any atom is 0.205 e. The summed E-state index contributed by atoms with van der Waals surface area (Å²) in [4.78, 5) is 11.4. The van der Waals surface area contributed by atoms with Gasteiger partial charge in [0.2, 0.25) is 5.78 Å². The molecule has 1 heteroatoms. The van der Waals surface area contributed by atoms with Gasteiger partial charge in [0, 0.05) is 12.8 Å². The second kappa shape index (κ2) is 13.3. The summed E-state index contributed by atoms with van der Waals surface area (Å²) in [7, 11) is 0. The number of hydrogen-bond acceptors (Lipinski definition) is 1. The lowest BCUT2D eigenvalue weighted by Crippen LogP contribution is -1.92. The van der Waals surface area contributed by atoms with Gasteiger partial charge in [0.1, 0.15) is 0 Å². The summed E-state index contributed by atoms with van der Waals surface area (Å²) in [6.45, 7) is 7.18. The topological polar surface area (TPSA) is 17.1 Å². The van der Waals surface area contributed by atoms with Crippen molar-refractivity contribution in [1.29, 1.82) is 0 Å². The van der Waals surface area contributed by atoms with E-state index in [-0.39, 0.29) is 5.78 Å². The molecule has 0 fully saturated rings. The number of hydrogen-bond donors (Lipinski definition) is 0. The molecule has 0 N–H and O–H groups in total. The molecular weight excluding hydrogens is 220 g/mol. The molecule has 0 aliphatic carbocycles. The van der Waals surface area contributed by atoms with Gasteiger partial charge in [0.15, 0.2) is 0 Å². The van der Waals surface area contributed by atoms with Crippen LogP contribution in [0.3, 0.4) is 0 Å². The Balaban J connectivity index is 3.56. The Hall–Kier alpha value is -1.81. The van der Waals surface area contributed by atoms with E-state index in [1.807, 2.05) is 18.2 Å². The Bertz CT molecular complexity index is 361. The molecular formula is C17H22O. The molecule has 96 valence electrons. The normalized spacial score (nSPS) is 10.2. The van der Waals surface area contributed by atoms with Crippen LogP contribution in [0.15, 0.2) is 49.6 Å². The van der Waals surface area contributed by atoms with E-state index in [0.29, 0.717) is 6.42 Å². The lowest BCUT2D eigenvalue weighted by Gasteiger charge is -1.90. The van der Waals surface area contributed by atoms with Crippen LogP contribution in [0.2, 0.25) is 0 Å². The molecule has 0 aromatic heterocycles. The lowest BCUT2D eigenvalue weighted by atomic mass is 10.1. The zero-order valence-electron chi connectivity index (χ0n) is 11.0. The first-order valence-corrected chi connectivity index (χ1v) is 6.38. The summed E-state index contributed by atoms with van der Waals surface area (Å²) < 4.78 is 0. The van der Waals surface area contributed by atoms with Crippen LogP contribution in [0.25, 0.3) is 0 Å². The monoisotopic (exact) mass is 242 g/mol. The van der Waals surface area contributed by atoms with Crippen LogP contribution < -0.4 is 0 Å². The molecule has 0 heterocycles. The molecule has 1 nitrogen and oxygen atoms in total. The fourth-order valence-corrected chi connectivity index (χ4v) is 1.30. The molecule has 0 atom stereocenters. The fraction of sp³-hybridized carbons (Fsp3) is 0.353. The second-order valence-electron chi connectivity index (χ2n) is 3.84. The predicted molar refractivity (Wildman–Crippen MR) is 79.2 cm³/mol. The molecule has 0 aromatic rings. The Kier molecular flexibility index (Phi) is 11.9. The van der Waals surface area contributed by atoms with E-state index < -0.39 is 0 Å². The van der Waals surface area contributed by atoms with Crippen LogP contribution >= 0.6 is 0 Å². The van der Waals surface area contributed by atoms with E-state index in [0.717, 1.165) is 32.1 Å².